The van der Waals surface area contributed by atoms with Gasteiger partial charge in [-0.05, 0) is 24.3 Å². The molecule has 0 aromatic heterocycles. The molecule has 0 bridgehead atoms. The minimum absolute atomic E-state index is 0.0774. The summed E-state index contributed by atoms with van der Waals surface area (Å²) in [5.74, 6) is -3.38. The highest BCUT2D eigenvalue weighted by atomic mass is 79.9. The highest BCUT2D eigenvalue weighted by molar-refractivity contribution is 9.10. The molecular weight excluding hydrogens is 311 g/mol. The second-order valence-corrected chi connectivity index (χ2v) is 4.37. The maximum atomic E-state index is 13.4. The number of para-hydroxylation sites is 1. The van der Waals surface area contributed by atoms with Gasteiger partial charge in [0.2, 0.25) is 5.82 Å². The van der Waals surface area contributed by atoms with Crippen LogP contribution in [-0.2, 0) is 0 Å². The molecule has 0 saturated carbocycles. The number of hydrogen-bond acceptors (Lipinski definition) is 2. The summed E-state index contributed by atoms with van der Waals surface area (Å²) in [5.41, 5.74) is 5.16. The Kier molecular flexibility index (Phi) is 3.47. The second-order valence-electron chi connectivity index (χ2n) is 3.45. The standard InChI is InChI=1S/C12H7BrF3NO/c13-6-4-8(15)11(16)10(5-6)18-9-3-1-2-7(14)12(9)17/h1-5H,17H2. The first-order valence-corrected chi connectivity index (χ1v) is 5.64. The van der Waals surface area contributed by atoms with Crippen LogP contribution in [0, 0.1) is 17.5 Å². The van der Waals surface area contributed by atoms with E-state index in [0.29, 0.717) is 4.47 Å². The monoisotopic (exact) mass is 317 g/mol. The zero-order chi connectivity index (χ0) is 13.3. The summed E-state index contributed by atoms with van der Waals surface area (Å²) in [6, 6.07) is 6.03. The molecule has 18 heavy (non-hydrogen) atoms. The van der Waals surface area contributed by atoms with Crippen LogP contribution in [0.3, 0.4) is 0 Å². The van der Waals surface area contributed by atoms with Gasteiger partial charge in [-0.25, -0.2) is 8.78 Å². The molecule has 2 aromatic rings. The Labute approximate surface area is 109 Å². The van der Waals surface area contributed by atoms with Crippen molar-refractivity contribution in [3.63, 3.8) is 0 Å². The first kappa shape index (κ1) is 12.8. The largest absolute Gasteiger partial charge is 0.452 e. The molecule has 0 saturated heterocycles. The van der Waals surface area contributed by atoms with Crippen molar-refractivity contribution in [2.24, 2.45) is 0 Å². The van der Waals surface area contributed by atoms with Crippen molar-refractivity contribution in [1.29, 1.82) is 0 Å². The summed E-state index contributed by atoms with van der Waals surface area (Å²) in [6.07, 6.45) is 0. The average Bonchev–Trinajstić information content (AvgIpc) is 2.31. The van der Waals surface area contributed by atoms with Crippen LogP contribution in [0.2, 0.25) is 0 Å². The minimum atomic E-state index is -1.16. The van der Waals surface area contributed by atoms with E-state index < -0.39 is 17.5 Å². The lowest BCUT2D eigenvalue weighted by molar-refractivity contribution is 0.415. The van der Waals surface area contributed by atoms with Crippen molar-refractivity contribution in [2.45, 2.75) is 0 Å². The Morgan fingerprint density at radius 1 is 1.00 bits per heavy atom. The van der Waals surface area contributed by atoms with E-state index in [-0.39, 0.29) is 17.2 Å². The Bertz CT molecular complexity index is 604. The number of nitrogens with two attached hydrogens (primary N) is 1. The van der Waals surface area contributed by atoms with Gasteiger partial charge < -0.3 is 10.5 Å². The van der Waals surface area contributed by atoms with E-state index in [0.717, 1.165) is 12.1 Å². The molecule has 0 heterocycles. The Balaban J connectivity index is 2.43. The van der Waals surface area contributed by atoms with E-state index in [1.54, 1.807) is 0 Å². The zero-order valence-electron chi connectivity index (χ0n) is 8.88. The van der Waals surface area contributed by atoms with E-state index in [4.69, 9.17) is 10.5 Å². The molecule has 2 aromatic carbocycles. The van der Waals surface area contributed by atoms with Crippen molar-refractivity contribution in [1.82, 2.24) is 0 Å². The second kappa shape index (κ2) is 4.89. The van der Waals surface area contributed by atoms with Crippen LogP contribution in [0.5, 0.6) is 11.5 Å². The van der Waals surface area contributed by atoms with Gasteiger partial charge in [-0.3, -0.25) is 0 Å². The van der Waals surface area contributed by atoms with Gasteiger partial charge in [-0.1, -0.05) is 22.0 Å². The lowest BCUT2D eigenvalue weighted by Gasteiger charge is -2.10. The first-order valence-electron chi connectivity index (χ1n) is 4.85. The highest BCUT2D eigenvalue weighted by Crippen LogP contribution is 2.33. The van der Waals surface area contributed by atoms with Crippen molar-refractivity contribution >= 4 is 21.6 Å². The molecule has 0 aliphatic rings. The Morgan fingerprint density at radius 2 is 1.72 bits per heavy atom. The zero-order valence-corrected chi connectivity index (χ0v) is 10.5. The quantitative estimate of drug-likeness (QED) is 0.664. The molecule has 0 radical (unpaired) electrons. The van der Waals surface area contributed by atoms with E-state index in [1.807, 2.05) is 0 Å². The van der Waals surface area contributed by atoms with E-state index in [9.17, 15) is 13.2 Å². The van der Waals surface area contributed by atoms with Crippen molar-refractivity contribution in [2.75, 3.05) is 5.73 Å². The van der Waals surface area contributed by atoms with Gasteiger partial charge in [0, 0.05) is 4.47 Å². The van der Waals surface area contributed by atoms with Gasteiger partial charge in [-0.15, -0.1) is 0 Å². The van der Waals surface area contributed by atoms with Crippen molar-refractivity contribution < 1.29 is 17.9 Å². The number of hydrogen-bond donors (Lipinski definition) is 1. The maximum Gasteiger partial charge on any atom is 0.201 e. The Morgan fingerprint density at radius 3 is 2.44 bits per heavy atom. The number of halogens is 4. The van der Waals surface area contributed by atoms with Crippen LogP contribution in [0.1, 0.15) is 0 Å². The van der Waals surface area contributed by atoms with Gasteiger partial charge in [0.1, 0.15) is 11.5 Å². The van der Waals surface area contributed by atoms with E-state index in [2.05, 4.69) is 15.9 Å². The number of anilines is 1. The molecular formula is C12H7BrF3NO. The van der Waals surface area contributed by atoms with Gasteiger partial charge in [0.15, 0.2) is 17.3 Å². The topological polar surface area (TPSA) is 35.2 Å². The van der Waals surface area contributed by atoms with Gasteiger partial charge >= 0.3 is 0 Å². The summed E-state index contributed by atoms with van der Waals surface area (Å²) in [4.78, 5) is 0. The molecule has 2 rings (SSSR count). The molecule has 0 atom stereocenters. The molecule has 6 heteroatoms. The summed E-state index contributed by atoms with van der Waals surface area (Å²) in [7, 11) is 0. The van der Waals surface area contributed by atoms with Crippen molar-refractivity contribution in [3.8, 4) is 11.5 Å². The minimum Gasteiger partial charge on any atom is -0.452 e. The molecule has 0 unspecified atom stereocenters. The van der Waals surface area contributed by atoms with Gasteiger partial charge in [0.25, 0.3) is 0 Å². The van der Waals surface area contributed by atoms with Crippen LogP contribution >= 0.6 is 15.9 Å². The van der Waals surface area contributed by atoms with Crippen LogP contribution in [0.15, 0.2) is 34.8 Å². The first-order chi connectivity index (χ1) is 8.49. The molecule has 0 aliphatic carbocycles. The lowest BCUT2D eigenvalue weighted by atomic mass is 10.2. The van der Waals surface area contributed by atoms with Crippen LogP contribution in [-0.4, -0.2) is 0 Å². The molecule has 94 valence electrons. The van der Waals surface area contributed by atoms with Crippen LogP contribution in [0.4, 0.5) is 18.9 Å². The number of ether oxygens (including phenoxy) is 1. The number of benzene rings is 2. The van der Waals surface area contributed by atoms with Crippen LogP contribution in [0.25, 0.3) is 0 Å². The third-order valence-electron chi connectivity index (χ3n) is 2.19. The van der Waals surface area contributed by atoms with E-state index >= 15 is 0 Å². The third kappa shape index (κ3) is 2.43. The fourth-order valence-corrected chi connectivity index (χ4v) is 1.74. The lowest BCUT2D eigenvalue weighted by Crippen LogP contribution is -1.97. The summed E-state index contributed by atoms with van der Waals surface area (Å²) >= 11 is 3.00. The Hall–Kier alpha value is -1.69. The molecule has 0 amide bonds. The molecule has 0 aliphatic heterocycles. The normalized spacial score (nSPS) is 10.4. The fourth-order valence-electron chi connectivity index (χ4n) is 1.33. The van der Waals surface area contributed by atoms with Crippen molar-refractivity contribution in [3.05, 3.63) is 52.3 Å². The van der Waals surface area contributed by atoms with Gasteiger partial charge in [-0.2, -0.15) is 4.39 Å². The number of nitrogen functional groups attached to an aromatic ring is 1. The summed E-state index contributed by atoms with van der Waals surface area (Å²) in [6.45, 7) is 0. The average molecular weight is 318 g/mol. The van der Waals surface area contributed by atoms with Crippen LogP contribution < -0.4 is 10.5 Å². The maximum absolute atomic E-state index is 13.4. The molecule has 0 spiro atoms. The molecule has 2 N–H and O–H groups in total. The molecule has 0 fully saturated rings. The smallest absolute Gasteiger partial charge is 0.201 e. The predicted octanol–water partition coefficient (Wildman–Crippen LogP) is 4.24. The summed E-state index contributed by atoms with van der Waals surface area (Å²) in [5, 5.41) is 0. The SMILES string of the molecule is Nc1c(F)cccc1Oc1cc(Br)cc(F)c1F. The van der Waals surface area contributed by atoms with Gasteiger partial charge in [0.05, 0.1) is 0 Å². The fraction of sp³-hybridized carbons (Fsp3) is 0. The highest BCUT2D eigenvalue weighted by Gasteiger charge is 2.14. The summed E-state index contributed by atoms with van der Waals surface area (Å²) < 4.78 is 45.1. The number of rotatable bonds is 2. The molecule has 2 nitrogen and oxygen atoms in total. The third-order valence-corrected chi connectivity index (χ3v) is 2.65. The predicted molar refractivity (Wildman–Crippen MR) is 64.9 cm³/mol. The van der Waals surface area contributed by atoms with E-state index in [1.165, 1.54) is 18.2 Å².